The average Bonchev–Trinajstić information content (AvgIpc) is 2.29. The number of rotatable bonds is 2. The molecule has 88 valence electrons. The Morgan fingerprint density at radius 1 is 1.31 bits per heavy atom. The number of benzene rings is 1. The van der Waals surface area contributed by atoms with Gasteiger partial charge in [-0.2, -0.15) is 0 Å². The number of hydrogen-bond acceptors (Lipinski definition) is 2. The van der Waals surface area contributed by atoms with Crippen molar-refractivity contribution in [3.63, 3.8) is 0 Å². The smallest absolute Gasteiger partial charge is 0.0535 e. The molecule has 2 nitrogen and oxygen atoms in total. The summed E-state index contributed by atoms with van der Waals surface area (Å²) in [6.45, 7) is 7.79. The lowest BCUT2D eigenvalue weighted by molar-refractivity contribution is 0.171. The fourth-order valence-corrected chi connectivity index (χ4v) is 2.50. The summed E-state index contributed by atoms with van der Waals surface area (Å²) in [6, 6.07) is 9.03. The molecule has 2 rings (SSSR count). The number of nitrogens with zero attached hydrogens (tertiary/aromatic N) is 1. The Kier molecular flexibility index (Phi) is 3.31. The first-order chi connectivity index (χ1) is 7.64. The lowest BCUT2D eigenvalue weighted by Gasteiger charge is -2.40. The van der Waals surface area contributed by atoms with Gasteiger partial charge < -0.3 is 10.2 Å². The van der Waals surface area contributed by atoms with Crippen LogP contribution in [0.4, 0.5) is 0 Å². The molecule has 0 bridgehead atoms. The normalized spacial score (nSPS) is 26.9. The minimum Gasteiger partial charge on any atom is -0.305 e. The minimum absolute atomic E-state index is 0.110. The van der Waals surface area contributed by atoms with E-state index in [0.29, 0.717) is 0 Å². The van der Waals surface area contributed by atoms with Crippen LogP contribution >= 0.6 is 0 Å². The SMILES string of the molecule is CCc1ccc(C2(C)CN(C)CCN2)cc1. The molecule has 1 N–H and O–H groups in total. The van der Waals surface area contributed by atoms with Crippen LogP contribution in [0.25, 0.3) is 0 Å². The van der Waals surface area contributed by atoms with Gasteiger partial charge in [-0.3, -0.25) is 0 Å². The summed E-state index contributed by atoms with van der Waals surface area (Å²) >= 11 is 0. The van der Waals surface area contributed by atoms with E-state index in [1.807, 2.05) is 0 Å². The highest BCUT2D eigenvalue weighted by Gasteiger charge is 2.30. The van der Waals surface area contributed by atoms with Crippen LogP contribution < -0.4 is 5.32 Å². The summed E-state index contributed by atoms with van der Waals surface area (Å²) in [5, 5.41) is 3.64. The molecular weight excluding hydrogens is 196 g/mol. The molecule has 1 saturated heterocycles. The van der Waals surface area contributed by atoms with E-state index in [9.17, 15) is 0 Å². The standard InChI is InChI=1S/C14H22N2/c1-4-12-5-7-13(8-6-12)14(2)11-16(3)10-9-15-14/h5-8,15H,4,9-11H2,1-3H3. The van der Waals surface area contributed by atoms with Gasteiger partial charge in [0.1, 0.15) is 0 Å². The second kappa shape index (κ2) is 4.56. The van der Waals surface area contributed by atoms with E-state index >= 15 is 0 Å². The maximum atomic E-state index is 3.64. The third-order valence-electron chi connectivity index (χ3n) is 3.59. The largest absolute Gasteiger partial charge is 0.305 e. The first kappa shape index (κ1) is 11.6. The summed E-state index contributed by atoms with van der Waals surface area (Å²) < 4.78 is 0. The Morgan fingerprint density at radius 2 is 2.00 bits per heavy atom. The van der Waals surface area contributed by atoms with Gasteiger partial charge >= 0.3 is 0 Å². The lowest BCUT2D eigenvalue weighted by atomic mass is 9.89. The Labute approximate surface area is 98.7 Å². The van der Waals surface area contributed by atoms with Crippen LogP contribution in [0.5, 0.6) is 0 Å². The number of piperazine rings is 1. The minimum atomic E-state index is 0.110. The van der Waals surface area contributed by atoms with Gasteiger partial charge in [-0.25, -0.2) is 0 Å². The van der Waals surface area contributed by atoms with Crippen molar-refractivity contribution in [2.24, 2.45) is 0 Å². The van der Waals surface area contributed by atoms with Crippen LogP contribution in [-0.4, -0.2) is 31.6 Å². The van der Waals surface area contributed by atoms with Crippen LogP contribution in [0.2, 0.25) is 0 Å². The molecule has 1 unspecified atom stereocenters. The van der Waals surface area contributed by atoms with Crippen molar-refractivity contribution in [1.29, 1.82) is 0 Å². The predicted molar refractivity (Wildman–Crippen MR) is 68.7 cm³/mol. The first-order valence-corrected chi connectivity index (χ1v) is 6.17. The van der Waals surface area contributed by atoms with Crippen LogP contribution in [0.1, 0.15) is 25.0 Å². The van der Waals surface area contributed by atoms with E-state index in [4.69, 9.17) is 0 Å². The van der Waals surface area contributed by atoms with Crippen molar-refractivity contribution >= 4 is 0 Å². The molecule has 2 heteroatoms. The van der Waals surface area contributed by atoms with Crippen molar-refractivity contribution in [3.8, 4) is 0 Å². The molecule has 1 atom stereocenters. The number of hydrogen-bond donors (Lipinski definition) is 1. The highest BCUT2D eigenvalue weighted by atomic mass is 15.2. The van der Waals surface area contributed by atoms with Gasteiger partial charge in [0, 0.05) is 19.6 Å². The molecule has 0 saturated carbocycles. The van der Waals surface area contributed by atoms with Gasteiger partial charge in [0.2, 0.25) is 0 Å². The molecule has 0 aliphatic carbocycles. The summed E-state index contributed by atoms with van der Waals surface area (Å²) in [6.07, 6.45) is 1.12. The monoisotopic (exact) mass is 218 g/mol. The maximum Gasteiger partial charge on any atom is 0.0535 e. The molecule has 1 aromatic rings. The molecule has 1 aliphatic heterocycles. The van der Waals surface area contributed by atoms with Crippen molar-refractivity contribution < 1.29 is 0 Å². The van der Waals surface area contributed by atoms with Crippen LogP contribution in [0.3, 0.4) is 0 Å². The summed E-state index contributed by atoms with van der Waals surface area (Å²) in [4.78, 5) is 2.39. The molecule has 1 aromatic carbocycles. The lowest BCUT2D eigenvalue weighted by Crippen LogP contribution is -2.55. The number of nitrogens with one attached hydrogen (secondary N) is 1. The molecule has 1 fully saturated rings. The van der Waals surface area contributed by atoms with E-state index in [1.165, 1.54) is 11.1 Å². The Hall–Kier alpha value is -0.860. The van der Waals surface area contributed by atoms with E-state index in [-0.39, 0.29) is 5.54 Å². The molecule has 1 heterocycles. The average molecular weight is 218 g/mol. The molecule has 0 radical (unpaired) electrons. The molecule has 1 aliphatic rings. The maximum absolute atomic E-state index is 3.64. The fraction of sp³-hybridized carbons (Fsp3) is 0.571. The van der Waals surface area contributed by atoms with Crippen LogP contribution in [0, 0.1) is 0 Å². The highest BCUT2D eigenvalue weighted by molar-refractivity contribution is 5.29. The van der Waals surface area contributed by atoms with Gasteiger partial charge in [0.25, 0.3) is 0 Å². The van der Waals surface area contributed by atoms with Gasteiger partial charge in [-0.1, -0.05) is 31.2 Å². The zero-order chi connectivity index (χ0) is 11.6. The van der Waals surface area contributed by atoms with Crippen LogP contribution in [-0.2, 0) is 12.0 Å². The number of aryl methyl sites for hydroxylation is 1. The fourth-order valence-electron chi connectivity index (χ4n) is 2.50. The van der Waals surface area contributed by atoms with Crippen molar-refractivity contribution in [2.45, 2.75) is 25.8 Å². The van der Waals surface area contributed by atoms with Crippen molar-refractivity contribution in [3.05, 3.63) is 35.4 Å². The number of likely N-dealkylation sites (N-methyl/N-ethyl adjacent to an activating group) is 1. The first-order valence-electron chi connectivity index (χ1n) is 6.17. The Morgan fingerprint density at radius 3 is 2.56 bits per heavy atom. The van der Waals surface area contributed by atoms with Crippen molar-refractivity contribution in [1.82, 2.24) is 10.2 Å². The van der Waals surface area contributed by atoms with E-state index in [1.54, 1.807) is 0 Å². The van der Waals surface area contributed by atoms with Gasteiger partial charge in [0.15, 0.2) is 0 Å². The summed E-state index contributed by atoms with van der Waals surface area (Å²) in [5.41, 5.74) is 2.92. The zero-order valence-electron chi connectivity index (χ0n) is 10.6. The third-order valence-corrected chi connectivity index (χ3v) is 3.59. The van der Waals surface area contributed by atoms with Gasteiger partial charge in [-0.05, 0) is 31.5 Å². The summed E-state index contributed by atoms with van der Waals surface area (Å²) in [7, 11) is 2.19. The second-order valence-electron chi connectivity index (χ2n) is 5.05. The molecule has 0 spiro atoms. The van der Waals surface area contributed by atoms with Gasteiger partial charge in [0.05, 0.1) is 5.54 Å². The summed E-state index contributed by atoms with van der Waals surface area (Å²) in [5.74, 6) is 0. The molecule has 0 amide bonds. The Bertz CT molecular complexity index is 344. The topological polar surface area (TPSA) is 15.3 Å². The quantitative estimate of drug-likeness (QED) is 0.817. The second-order valence-corrected chi connectivity index (χ2v) is 5.05. The molecule has 0 aromatic heterocycles. The van der Waals surface area contributed by atoms with E-state index in [0.717, 1.165) is 26.1 Å². The third kappa shape index (κ3) is 2.28. The highest BCUT2D eigenvalue weighted by Crippen LogP contribution is 2.24. The zero-order valence-corrected chi connectivity index (χ0v) is 10.6. The molecule has 16 heavy (non-hydrogen) atoms. The van der Waals surface area contributed by atoms with Gasteiger partial charge in [-0.15, -0.1) is 0 Å². The van der Waals surface area contributed by atoms with E-state index in [2.05, 4.69) is 55.4 Å². The Balaban J connectivity index is 2.20. The molecular formula is C14H22N2. The predicted octanol–water partition coefficient (Wildman–Crippen LogP) is 2.00. The van der Waals surface area contributed by atoms with E-state index < -0.39 is 0 Å². The van der Waals surface area contributed by atoms with Crippen molar-refractivity contribution in [2.75, 3.05) is 26.7 Å². The van der Waals surface area contributed by atoms with Crippen LogP contribution in [0.15, 0.2) is 24.3 Å².